The molecule has 1 amide bonds. The molecule has 1 aliphatic rings. The number of hydrazone groups is 1. The molecule has 0 aromatic heterocycles. The van der Waals surface area contributed by atoms with Gasteiger partial charge >= 0.3 is 0 Å². The van der Waals surface area contributed by atoms with Gasteiger partial charge in [0.1, 0.15) is 6.54 Å². The molecule has 0 spiro atoms. The summed E-state index contributed by atoms with van der Waals surface area (Å²) in [6.45, 7) is -0.335. The summed E-state index contributed by atoms with van der Waals surface area (Å²) in [7, 11) is -3.90. The molecule has 2 aromatic rings. The molecule has 2 aromatic carbocycles. The summed E-state index contributed by atoms with van der Waals surface area (Å²) in [5.41, 5.74) is 4.07. The van der Waals surface area contributed by atoms with E-state index in [4.69, 9.17) is 0 Å². The van der Waals surface area contributed by atoms with Crippen LogP contribution in [0.5, 0.6) is 0 Å². The van der Waals surface area contributed by atoms with E-state index in [9.17, 15) is 13.2 Å². The number of benzene rings is 2. The molecule has 0 saturated heterocycles. The van der Waals surface area contributed by atoms with Gasteiger partial charge in [0.2, 0.25) is 0 Å². The first-order valence-electron chi connectivity index (χ1n) is 12.0. The van der Waals surface area contributed by atoms with Gasteiger partial charge in [0.05, 0.1) is 10.6 Å². The third-order valence-electron chi connectivity index (χ3n) is 5.93. The molecule has 0 bridgehead atoms. The van der Waals surface area contributed by atoms with Gasteiger partial charge in [-0.1, -0.05) is 81.3 Å². The average Bonchev–Trinajstić information content (AvgIpc) is 2.83. The Balaban J connectivity index is 1.71. The van der Waals surface area contributed by atoms with Crippen molar-refractivity contribution in [2.45, 2.75) is 75.5 Å². The first-order chi connectivity index (χ1) is 16.1. The van der Waals surface area contributed by atoms with Crippen LogP contribution in [-0.2, 0) is 14.8 Å². The number of nitrogens with one attached hydrogen (secondary N) is 1. The summed E-state index contributed by atoms with van der Waals surface area (Å²) in [5.74, 6) is -0.447. The second kappa shape index (κ2) is 13.1. The van der Waals surface area contributed by atoms with Crippen LogP contribution in [0, 0.1) is 0 Å². The Hall–Kier alpha value is -2.67. The van der Waals surface area contributed by atoms with Crippen LogP contribution in [0.3, 0.4) is 0 Å². The lowest BCUT2D eigenvalue weighted by Crippen LogP contribution is -2.39. The fourth-order valence-electron chi connectivity index (χ4n) is 4.07. The van der Waals surface area contributed by atoms with E-state index in [2.05, 4.69) is 10.5 Å². The van der Waals surface area contributed by atoms with Crippen LogP contribution >= 0.6 is 0 Å². The molecule has 178 valence electrons. The monoisotopic (exact) mass is 469 g/mol. The Bertz CT molecular complexity index is 978. The molecule has 1 aliphatic carbocycles. The second-order valence-corrected chi connectivity index (χ2v) is 10.4. The van der Waals surface area contributed by atoms with Crippen LogP contribution in [0.2, 0.25) is 0 Å². The van der Waals surface area contributed by atoms with Crippen LogP contribution in [0.15, 0.2) is 70.7 Å². The van der Waals surface area contributed by atoms with Crippen molar-refractivity contribution < 1.29 is 13.2 Å². The highest BCUT2D eigenvalue weighted by molar-refractivity contribution is 7.92. The predicted molar refractivity (Wildman–Crippen MR) is 134 cm³/mol. The predicted octanol–water partition coefficient (Wildman–Crippen LogP) is 5.66. The molecule has 3 rings (SSSR count). The van der Waals surface area contributed by atoms with E-state index in [1.165, 1.54) is 57.1 Å². The van der Waals surface area contributed by atoms with E-state index < -0.39 is 15.9 Å². The van der Waals surface area contributed by atoms with Gasteiger partial charge in [0.15, 0.2) is 0 Å². The summed E-state index contributed by atoms with van der Waals surface area (Å²) in [5, 5.41) is 4.41. The zero-order valence-electron chi connectivity index (χ0n) is 19.3. The maximum atomic E-state index is 13.3. The van der Waals surface area contributed by atoms with E-state index in [0.29, 0.717) is 5.69 Å². The van der Waals surface area contributed by atoms with Crippen molar-refractivity contribution in [3.05, 3.63) is 60.7 Å². The van der Waals surface area contributed by atoms with Crippen molar-refractivity contribution in [3.8, 4) is 0 Å². The molecule has 1 saturated carbocycles. The van der Waals surface area contributed by atoms with Crippen LogP contribution in [0.1, 0.15) is 70.6 Å². The van der Waals surface area contributed by atoms with Crippen LogP contribution < -0.4 is 9.73 Å². The number of nitrogens with zero attached hydrogens (tertiary/aromatic N) is 2. The van der Waals surface area contributed by atoms with Gasteiger partial charge in [-0.2, -0.15) is 5.10 Å². The fraction of sp³-hybridized carbons (Fsp3) is 0.462. The molecule has 7 heteroatoms. The number of carbonyl (C=O) groups excluding carboxylic acids is 1. The lowest BCUT2D eigenvalue weighted by molar-refractivity contribution is -0.119. The zero-order valence-corrected chi connectivity index (χ0v) is 20.1. The summed E-state index contributed by atoms with van der Waals surface area (Å²) >= 11 is 0. The molecule has 0 heterocycles. The minimum absolute atomic E-state index is 0.146. The lowest BCUT2D eigenvalue weighted by atomic mass is 10.00. The highest BCUT2D eigenvalue weighted by Crippen LogP contribution is 2.23. The smallest absolute Gasteiger partial charge is 0.264 e. The van der Waals surface area contributed by atoms with Gasteiger partial charge in [-0.15, -0.1) is 0 Å². The highest BCUT2D eigenvalue weighted by Gasteiger charge is 2.26. The number of anilines is 1. The number of rotatable bonds is 6. The van der Waals surface area contributed by atoms with Gasteiger partial charge in [-0.25, -0.2) is 13.8 Å². The minimum Gasteiger partial charge on any atom is -0.271 e. The Morgan fingerprint density at radius 2 is 1.24 bits per heavy atom. The molecular weight excluding hydrogens is 434 g/mol. The van der Waals surface area contributed by atoms with Crippen molar-refractivity contribution in [2.24, 2.45) is 5.10 Å². The third kappa shape index (κ3) is 8.00. The SMILES string of the molecule is O=C(CN(c1ccccc1)S(=O)(=O)c1ccccc1)NN=C1CCCCCCCCCCC1. The molecule has 1 N–H and O–H groups in total. The topological polar surface area (TPSA) is 78.8 Å². The molecule has 0 unspecified atom stereocenters. The van der Waals surface area contributed by atoms with Crippen LogP contribution in [0.25, 0.3) is 0 Å². The van der Waals surface area contributed by atoms with Gasteiger partial charge in [-0.3, -0.25) is 9.10 Å². The summed E-state index contributed by atoms with van der Waals surface area (Å²) in [6, 6.07) is 16.9. The molecule has 0 atom stereocenters. The van der Waals surface area contributed by atoms with Crippen molar-refractivity contribution >= 4 is 27.3 Å². The van der Waals surface area contributed by atoms with Gasteiger partial charge in [0.25, 0.3) is 15.9 Å². The summed E-state index contributed by atoms with van der Waals surface area (Å²) in [4.78, 5) is 12.9. The minimum atomic E-state index is -3.90. The van der Waals surface area contributed by atoms with Gasteiger partial charge in [0, 0.05) is 5.71 Å². The first kappa shape index (κ1) is 25.0. The second-order valence-electron chi connectivity index (χ2n) is 8.56. The Kier molecular flexibility index (Phi) is 9.94. The Morgan fingerprint density at radius 3 is 1.79 bits per heavy atom. The third-order valence-corrected chi connectivity index (χ3v) is 7.72. The fourth-order valence-corrected chi connectivity index (χ4v) is 5.51. The Morgan fingerprint density at radius 1 is 0.758 bits per heavy atom. The number of hydrogen-bond acceptors (Lipinski definition) is 4. The summed E-state index contributed by atoms with van der Waals surface area (Å²) in [6.07, 6.45) is 12.7. The lowest BCUT2D eigenvalue weighted by Gasteiger charge is -2.23. The van der Waals surface area contributed by atoms with Crippen molar-refractivity contribution in [1.82, 2.24) is 5.43 Å². The molecular formula is C26H35N3O3S. The summed E-state index contributed by atoms with van der Waals surface area (Å²) < 4.78 is 27.7. The standard InChI is InChI=1S/C26H35N3O3S/c30-26(28-27-23-16-10-6-4-2-1-3-5-7-11-17-23)22-29(24-18-12-8-13-19-24)33(31,32)25-20-14-9-15-21-25/h8-9,12-15,18-21H,1-7,10-11,16-17,22H2,(H,28,30). The van der Waals surface area contributed by atoms with Crippen LogP contribution in [-0.4, -0.2) is 26.6 Å². The number of sulfonamides is 1. The van der Waals surface area contributed by atoms with E-state index in [1.54, 1.807) is 42.5 Å². The van der Waals surface area contributed by atoms with E-state index in [-0.39, 0.29) is 11.4 Å². The van der Waals surface area contributed by atoms with Gasteiger partial charge in [-0.05, 0) is 49.9 Å². The van der Waals surface area contributed by atoms with Crippen LogP contribution in [0.4, 0.5) is 5.69 Å². The van der Waals surface area contributed by atoms with E-state index in [1.807, 2.05) is 6.07 Å². The normalized spacial score (nSPS) is 16.2. The Labute approximate surface area is 198 Å². The van der Waals surface area contributed by atoms with Crippen molar-refractivity contribution in [1.29, 1.82) is 0 Å². The number of para-hydroxylation sites is 1. The van der Waals surface area contributed by atoms with Gasteiger partial charge < -0.3 is 0 Å². The number of carbonyl (C=O) groups is 1. The zero-order chi connectivity index (χ0) is 23.4. The quantitative estimate of drug-likeness (QED) is 0.555. The molecule has 33 heavy (non-hydrogen) atoms. The van der Waals surface area contributed by atoms with E-state index >= 15 is 0 Å². The largest absolute Gasteiger partial charge is 0.271 e. The maximum absolute atomic E-state index is 13.3. The average molecular weight is 470 g/mol. The maximum Gasteiger partial charge on any atom is 0.264 e. The highest BCUT2D eigenvalue weighted by atomic mass is 32.2. The first-order valence-corrected chi connectivity index (χ1v) is 13.5. The van der Waals surface area contributed by atoms with Crippen molar-refractivity contribution in [3.63, 3.8) is 0 Å². The molecule has 6 nitrogen and oxygen atoms in total. The van der Waals surface area contributed by atoms with E-state index in [0.717, 1.165) is 35.7 Å². The molecule has 1 fully saturated rings. The number of hydrogen-bond donors (Lipinski definition) is 1. The molecule has 0 radical (unpaired) electrons. The molecule has 0 aliphatic heterocycles. The number of amides is 1. The van der Waals surface area contributed by atoms with Crippen molar-refractivity contribution in [2.75, 3.05) is 10.8 Å².